The highest BCUT2D eigenvalue weighted by Crippen LogP contribution is 2.34. The van der Waals surface area contributed by atoms with Crippen LogP contribution in [0.5, 0.6) is 0 Å². The lowest BCUT2D eigenvalue weighted by Crippen LogP contribution is -2.34. The largest absolute Gasteiger partial charge is 0.395 e. The summed E-state index contributed by atoms with van der Waals surface area (Å²) in [6.45, 7) is 1.18. The monoisotopic (exact) mass is 347 g/mol. The Morgan fingerprint density at radius 3 is 1.73 bits per heavy atom. The molecule has 0 saturated carbocycles. The van der Waals surface area contributed by atoms with Crippen LogP contribution >= 0.6 is 0 Å². The number of aliphatic hydroxyl groups is 2. The summed E-state index contributed by atoms with van der Waals surface area (Å²) in [6, 6.07) is 29.6. The Hall–Kier alpha value is -2.46. The normalized spacial score (nSPS) is 13.5. The van der Waals surface area contributed by atoms with E-state index in [0.29, 0.717) is 13.1 Å². The van der Waals surface area contributed by atoms with E-state index in [1.165, 1.54) is 0 Å². The second kappa shape index (κ2) is 9.30. The van der Waals surface area contributed by atoms with Crippen molar-refractivity contribution in [3.8, 4) is 0 Å². The molecule has 2 N–H and O–H groups in total. The van der Waals surface area contributed by atoms with E-state index < -0.39 is 6.10 Å². The third-order valence-electron chi connectivity index (χ3n) is 4.59. The number of rotatable bonds is 8. The van der Waals surface area contributed by atoms with E-state index in [4.69, 9.17) is 0 Å². The first-order valence-electron chi connectivity index (χ1n) is 8.96. The van der Waals surface area contributed by atoms with Crippen LogP contribution in [0.15, 0.2) is 91.0 Å². The molecule has 0 spiro atoms. The number of nitrogens with zero attached hydrogens (tertiary/aromatic N) is 1. The molecule has 2 atom stereocenters. The van der Waals surface area contributed by atoms with Gasteiger partial charge in [-0.3, -0.25) is 4.90 Å². The predicted molar refractivity (Wildman–Crippen MR) is 105 cm³/mol. The topological polar surface area (TPSA) is 43.7 Å². The molecule has 0 heterocycles. The molecule has 0 radical (unpaired) electrons. The van der Waals surface area contributed by atoms with Crippen molar-refractivity contribution in [1.82, 2.24) is 4.90 Å². The van der Waals surface area contributed by atoms with Crippen molar-refractivity contribution >= 4 is 0 Å². The second-order valence-electron chi connectivity index (χ2n) is 6.39. The quantitative estimate of drug-likeness (QED) is 0.648. The molecule has 0 fully saturated rings. The summed E-state index contributed by atoms with van der Waals surface area (Å²) in [6.07, 6.45) is -0.686. The summed E-state index contributed by atoms with van der Waals surface area (Å²) in [5.41, 5.74) is 3.06. The average Bonchev–Trinajstić information content (AvgIpc) is 2.70. The molecule has 0 amide bonds. The SMILES string of the molecule is OCCN(Cc1ccccc1)[C@H](c1ccccc1)[C@H](O)c1ccccc1. The molecular formula is C23H25NO2. The van der Waals surface area contributed by atoms with Gasteiger partial charge >= 0.3 is 0 Å². The highest BCUT2D eigenvalue weighted by molar-refractivity contribution is 5.27. The predicted octanol–water partition coefficient (Wildman–Crippen LogP) is 3.96. The van der Waals surface area contributed by atoms with Crippen molar-refractivity contribution in [2.24, 2.45) is 0 Å². The zero-order valence-corrected chi connectivity index (χ0v) is 14.8. The first kappa shape index (κ1) is 18.3. The Labute approximate surface area is 155 Å². The zero-order valence-electron chi connectivity index (χ0n) is 14.8. The lowest BCUT2D eigenvalue weighted by atomic mass is 9.94. The maximum Gasteiger partial charge on any atom is 0.0986 e. The van der Waals surface area contributed by atoms with E-state index in [-0.39, 0.29) is 12.6 Å². The van der Waals surface area contributed by atoms with Crippen LogP contribution in [0.2, 0.25) is 0 Å². The minimum Gasteiger partial charge on any atom is -0.395 e. The van der Waals surface area contributed by atoms with Crippen LogP contribution < -0.4 is 0 Å². The molecule has 0 aliphatic rings. The molecule has 0 saturated heterocycles. The minimum absolute atomic E-state index is 0.0394. The van der Waals surface area contributed by atoms with Gasteiger partial charge in [-0.2, -0.15) is 0 Å². The van der Waals surface area contributed by atoms with Crippen LogP contribution in [0.1, 0.15) is 28.8 Å². The van der Waals surface area contributed by atoms with Crippen LogP contribution in [-0.2, 0) is 6.54 Å². The van der Waals surface area contributed by atoms with Crippen LogP contribution in [0, 0.1) is 0 Å². The number of aliphatic hydroxyl groups excluding tert-OH is 2. The first-order chi connectivity index (χ1) is 12.8. The summed E-state index contributed by atoms with van der Waals surface area (Å²) < 4.78 is 0. The summed E-state index contributed by atoms with van der Waals surface area (Å²) in [5.74, 6) is 0. The molecule has 3 aromatic rings. The molecule has 0 aromatic heterocycles. The van der Waals surface area contributed by atoms with Gasteiger partial charge in [0.05, 0.1) is 18.8 Å². The number of hydrogen-bond donors (Lipinski definition) is 2. The van der Waals surface area contributed by atoms with Gasteiger partial charge in [-0.05, 0) is 16.7 Å². The fraction of sp³-hybridized carbons (Fsp3) is 0.217. The molecule has 3 aromatic carbocycles. The van der Waals surface area contributed by atoms with Gasteiger partial charge in [-0.15, -0.1) is 0 Å². The number of benzene rings is 3. The highest BCUT2D eigenvalue weighted by Gasteiger charge is 2.28. The van der Waals surface area contributed by atoms with Gasteiger partial charge in [0.25, 0.3) is 0 Å². The van der Waals surface area contributed by atoms with E-state index in [0.717, 1.165) is 16.7 Å². The van der Waals surface area contributed by atoms with E-state index in [1.807, 2.05) is 78.9 Å². The van der Waals surface area contributed by atoms with Crippen molar-refractivity contribution in [3.05, 3.63) is 108 Å². The van der Waals surface area contributed by atoms with Gasteiger partial charge < -0.3 is 10.2 Å². The molecular weight excluding hydrogens is 322 g/mol. The van der Waals surface area contributed by atoms with Crippen LogP contribution in [-0.4, -0.2) is 28.3 Å². The Morgan fingerprint density at radius 2 is 1.19 bits per heavy atom. The summed E-state index contributed by atoms with van der Waals surface area (Å²) in [5, 5.41) is 20.8. The van der Waals surface area contributed by atoms with Crippen molar-refractivity contribution in [3.63, 3.8) is 0 Å². The first-order valence-corrected chi connectivity index (χ1v) is 8.96. The van der Waals surface area contributed by atoms with Gasteiger partial charge in [0.2, 0.25) is 0 Å². The minimum atomic E-state index is -0.686. The van der Waals surface area contributed by atoms with E-state index in [1.54, 1.807) is 0 Å². The van der Waals surface area contributed by atoms with E-state index >= 15 is 0 Å². The fourth-order valence-electron chi connectivity index (χ4n) is 3.34. The Kier molecular flexibility index (Phi) is 6.56. The Bertz CT molecular complexity index is 762. The highest BCUT2D eigenvalue weighted by atomic mass is 16.3. The molecule has 26 heavy (non-hydrogen) atoms. The molecule has 0 bridgehead atoms. The molecule has 134 valence electrons. The van der Waals surface area contributed by atoms with Crippen molar-refractivity contribution < 1.29 is 10.2 Å². The van der Waals surface area contributed by atoms with E-state index in [2.05, 4.69) is 17.0 Å². The van der Waals surface area contributed by atoms with E-state index in [9.17, 15) is 10.2 Å². The molecule has 3 nitrogen and oxygen atoms in total. The van der Waals surface area contributed by atoms with Crippen LogP contribution in [0.3, 0.4) is 0 Å². The standard InChI is InChI=1S/C23H25NO2/c25-17-16-24(18-19-10-4-1-5-11-19)22(20-12-6-2-7-13-20)23(26)21-14-8-3-9-15-21/h1-15,22-23,25-26H,16-18H2/t22-,23-/m1/s1. The lowest BCUT2D eigenvalue weighted by molar-refractivity contribution is 0.0325. The van der Waals surface area contributed by atoms with Crippen LogP contribution in [0.4, 0.5) is 0 Å². The second-order valence-corrected chi connectivity index (χ2v) is 6.39. The van der Waals surface area contributed by atoms with Crippen molar-refractivity contribution in [1.29, 1.82) is 0 Å². The molecule has 3 rings (SSSR count). The summed E-state index contributed by atoms with van der Waals surface area (Å²) in [7, 11) is 0. The Morgan fingerprint density at radius 1 is 0.692 bits per heavy atom. The third-order valence-corrected chi connectivity index (χ3v) is 4.59. The molecule has 3 heteroatoms. The van der Waals surface area contributed by atoms with Crippen molar-refractivity contribution in [2.45, 2.75) is 18.7 Å². The summed E-state index contributed by atoms with van der Waals surface area (Å²) >= 11 is 0. The molecule has 0 unspecified atom stereocenters. The number of hydrogen-bond acceptors (Lipinski definition) is 3. The van der Waals surface area contributed by atoms with Gasteiger partial charge in [0.15, 0.2) is 0 Å². The van der Waals surface area contributed by atoms with Gasteiger partial charge in [0.1, 0.15) is 0 Å². The lowest BCUT2D eigenvalue weighted by Gasteiger charge is -2.35. The Balaban J connectivity index is 1.96. The molecule has 0 aliphatic heterocycles. The maximum atomic E-state index is 11.2. The maximum absolute atomic E-state index is 11.2. The van der Waals surface area contributed by atoms with Gasteiger partial charge in [-0.25, -0.2) is 0 Å². The average molecular weight is 347 g/mol. The molecule has 0 aliphatic carbocycles. The third kappa shape index (κ3) is 4.58. The van der Waals surface area contributed by atoms with Crippen molar-refractivity contribution in [2.75, 3.05) is 13.2 Å². The fourth-order valence-corrected chi connectivity index (χ4v) is 3.34. The van der Waals surface area contributed by atoms with Gasteiger partial charge in [-0.1, -0.05) is 91.0 Å². The van der Waals surface area contributed by atoms with Crippen LogP contribution in [0.25, 0.3) is 0 Å². The van der Waals surface area contributed by atoms with Gasteiger partial charge in [0, 0.05) is 13.1 Å². The smallest absolute Gasteiger partial charge is 0.0986 e. The summed E-state index contributed by atoms with van der Waals surface area (Å²) in [4.78, 5) is 2.14. The zero-order chi connectivity index (χ0) is 18.2.